The number of carbonyl (C=O) groups excluding carboxylic acids is 2. The topological polar surface area (TPSA) is 55.8 Å². The Morgan fingerprint density at radius 3 is 2.50 bits per heavy atom. The minimum atomic E-state index is -0.320. The number of ether oxygens (including phenoxy) is 2. The predicted molar refractivity (Wildman–Crippen MR) is 113 cm³/mol. The highest BCUT2D eigenvalue weighted by Gasteiger charge is 2.36. The standard InChI is InChI=1S/C22H23NO4S/c1-4-15(3)27-18-12-11-16(13-19(18)26-5-2)14-20-21(24)23(22(25)28-20)17-9-7-6-8-10-17/h6-15H,4-5H2,1-3H3/b20-14-/t15-/m1/s1. The zero-order chi connectivity index (χ0) is 20.1. The van der Waals surface area contributed by atoms with Gasteiger partial charge in [0.1, 0.15) is 0 Å². The number of carbonyl (C=O) groups is 2. The molecule has 2 amide bonds. The van der Waals surface area contributed by atoms with Crippen molar-refractivity contribution in [2.45, 2.75) is 33.3 Å². The van der Waals surface area contributed by atoms with Crippen LogP contribution in [0.2, 0.25) is 0 Å². The van der Waals surface area contributed by atoms with Crippen LogP contribution in [0.25, 0.3) is 6.08 Å². The van der Waals surface area contributed by atoms with Gasteiger partial charge in [0.25, 0.3) is 11.1 Å². The quantitative estimate of drug-likeness (QED) is 0.577. The molecule has 2 aromatic carbocycles. The Labute approximate surface area is 169 Å². The van der Waals surface area contributed by atoms with Gasteiger partial charge in [-0.2, -0.15) is 0 Å². The van der Waals surface area contributed by atoms with Crippen molar-refractivity contribution in [2.75, 3.05) is 11.5 Å². The van der Waals surface area contributed by atoms with E-state index < -0.39 is 0 Å². The highest BCUT2D eigenvalue weighted by Crippen LogP contribution is 2.37. The number of imide groups is 1. The molecule has 28 heavy (non-hydrogen) atoms. The largest absolute Gasteiger partial charge is 0.490 e. The Hall–Kier alpha value is -2.73. The molecule has 1 atom stereocenters. The second-order valence-electron chi connectivity index (χ2n) is 6.33. The van der Waals surface area contributed by atoms with E-state index in [4.69, 9.17) is 9.47 Å². The number of benzene rings is 2. The average Bonchev–Trinajstić information content (AvgIpc) is 2.97. The molecule has 0 radical (unpaired) electrons. The molecule has 0 N–H and O–H groups in total. The molecule has 0 saturated carbocycles. The SMILES string of the molecule is CCOc1cc(/C=C2\SC(=O)N(c3ccccc3)C2=O)ccc1O[C@H](C)CC. The Balaban J connectivity index is 1.87. The summed E-state index contributed by atoms with van der Waals surface area (Å²) in [5.41, 5.74) is 1.35. The summed E-state index contributed by atoms with van der Waals surface area (Å²) in [6, 6.07) is 14.5. The van der Waals surface area contributed by atoms with Crippen molar-refractivity contribution in [1.29, 1.82) is 0 Å². The first-order valence-corrected chi connectivity index (χ1v) is 10.1. The van der Waals surface area contributed by atoms with Crippen molar-refractivity contribution < 1.29 is 19.1 Å². The van der Waals surface area contributed by atoms with Gasteiger partial charge in [0.05, 0.1) is 23.3 Å². The second-order valence-corrected chi connectivity index (χ2v) is 7.32. The van der Waals surface area contributed by atoms with E-state index in [1.165, 1.54) is 4.90 Å². The number of nitrogens with zero attached hydrogens (tertiary/aromatic N) is 1. The molecule has 1 heterocycles. The highest BCUT2D eigenvalue weighted by atomic mass is 32.2. The lowest BCUT2D eigenvalue weighted by atomic mass is 10.1. The van der Waals surface area contributed by atoms with E-state index in [1.807, 2.05) is 38.1 Å². The highest BCUT2D eigenvalue weighted by molar-refractivity contribution is 8.19. The molecule has 3 rings (SSSR count). The van der Waals surface area contributed by atoms with E-state index in [-0.39, 0.29) is 17.3 Å². The van der Waals surface area contributed by atoms with Crippen molar-refractivity contribution in [3.63, 3.8) is 0 Å². The van der Waals surface area contributed by atoms with Gasteiger partial charge in [-0.3, -0.25) is 9.59 Å². The summed E-state index contributed by atoms with van der Waals surface area (Å²) in [7, 11) is 0. The van der Waals surface area contributed by atoms with Crippen LogP contribution >= 0.6 is 11.8 Å². The van der Waals surface area contributed by atoms with Gasteiger partial charge < -0.3 is 9.47 Å². The Kier molecular flexibility index (Phi) is 6.41. The molecule has 0 bridgehead atoms. The van der Waals surface area contributed by atoms with Crippen LogP contribution < -0.4 is 14.4 Å². The van der Waals surface area contributed by atoms with Crippen molar-refractivity contribution in [3.05, 3.63) is 59.0 Å². The van der Waals surface area contributed by atoms with E-state index in [2.05, 4.69) is 6.92 Å². The summed E-state index contributed by atoms with van der Waals surface area (Å²) in [6.45, 7) is 6.47. The van der Waals surface area contributed by atoms with Crippen LogP contribution in [0.5, 0.6) is 11.5 Å². The third kappa shape index (κ3) is 4.39. The maximum Gasteiger partial charge on any atom is 0.298 e. The number of thioether (sulfide) groups is 1. The van der Waals surface area contributed by atoms with Crippen LogP contribution in [0.15, 0.2) is 53.4 Å². The van der Waals surface area contributed by atoms with Gasteiger partial charge in [-0.1, -0.05) is 31.2 Å². The van der Waals surface area contributed by atoms with Gasteiger partial charge in [0.2, 0.25) is 0 Å². The first-order chi connectivity index (χ1) is 13.5. The normalized spacial score (nSPS) is 16.5. The lowest BCUT2D eigenvalue weighted by molar-refractivity contribution is -0.113. The van der Waals surface area contributed by atoms with Crippen molar-refractivity contribution in [1.82, 2.24) is 0 Å². The van der Waals surface area contributed by atoms with Crippen molar-refractivity contribution >= 4 is 34.7 Å². The van der Waals surface area contributed by atoms with E-state index >= 15 is 0 Å². The molecule has 0 aliphatic carbocycles. The first kappa shape index (κ1) is 20.0. The van der Waals surface area contributed by atoms with Crippen LogP contribution in [0, 0.1) is 0 Å². The fourth-order valence-corrected chi connectivity index (χ4v) is 3.54. The first-order valence-electron chi connectivity index (χ1n) is 9.30. The molecule has 5 nitrogen and oxygen atoms in total. The summed E-state index contributed by atoms with van der Waals surface area (Å²) in [5, 5.41) is -0.302. The van der Waals surface area contributed by atoms with Gasteiger partial charge in [-0.25, -0.2) is 4.90 Å². The van der Waals surface area contributed by atoms with E-state index in [1.54, 1.807) is 30.3 Å². The zero-order valence-corrected chi connectivity index (χ0v) is 17.0. The van der Waals surface area contributed by atoms with Crippen molar-refractivity contribution in [3.8, 4) is 11.5 Å². The average molecular weight is 397 g/mol. The number of hydrogen-bond acceptors (Lipinski definition) is 5. The Morgan fingerprint density at radius 1 is 1.07 bits per heavy atom. The smallest absolute Gasteiger partial charge is 0.298 e. The summed E-state index contributed by atoms with van der Waals surface area (Å²) >= 11 is 0.936. The molecule has 6 heteroatoms. The number of amides is 2. The third-order valence-corrected chi connectivity index (χ3v) is 5.15. The van der Waals surface area contributed by atoms with Gasteiger partial charge >= 0.3 is 0 Å². The molecule has 1 fully saturated rings. The number of rotatable bonds is 7. The van der Waals surface area contributed by atoms with Crippen LogP contribution in [0.4, 0.5) is 10.5 Å². The molecular weight excluding hydrogens is 374 g/mol. The van der Waals surface area contributed by atoms with Crippen LogP contribution in [-0.2, 0) is 4.79 Å². The summed E-state index contributed by atoms with van der Waals surface area (Å²) in [4.78, 5) is 26.7. The van der Waals surface area contributed by atoms with Crippen molar-refractivity contribution in [2.24, 2.45) is 0 Å². The Bertz CT molecular complexity index is 895. The second kappa shape index (κ2) is 8.97. The molecule has 0 spiro atoms. The minimum absolute atomic E-state index is 0.0763. The fourth-order valence-electron chi connectivity index (χ4n) is 2.70. The van der Waals surface area contributed by atoms with Gasteiger partial charge in [-0.15, -0.1) is 0 Å². The van der Waals surface area contributed by atoms with Gasteiger partial charge in [0.15, 0.2) is 11.5 Å². The fraction of sp³-hybridized carbons (Fsp3) is 0.273. The van der Waals surface area contributed by atoms with Crippen LogP contribution in [0.3, 0.4) is 0 Å². The molecule has 0 aromatic heterocycles. The van der Waals surface area contributed by atoms with Gasteiger partial charge in [-0.05, 0) is 67.9 Å². The van der Waals surface area contributed by atoms with E-state index in [9.17, 15) is 9.59 Å². The summed E-state index contributed by atoms with van der Waals surface area (Å²) in [6.07, 6.45) is 2.68. The molecule has 1 aliphatic heterocycles. The molecule has 0 unspecified atom stereocenters. The minimum Gasteiger partial charge on any atom is -0.490 e. The third-order valence-electron chi connectivity index (χ3n) is 4.28. The molecule has 146 valence electrons. The molecule has 1 saturated heterocycles. The summed E-state index contributed by atoms with van der Waals surface area (Å²) in [5.74, 6) is 0.976. The predicted octanol–water partition coefficient (Wildman–Crippen LogP) is 5.50. The maximum atomic E-state index is 12.7. The Morgan fingerprint density at radius 2 is 1.82 bits per heavy atom. The summed E-state index contributed by atoms with van der Waals surface area (Å²) < 4.78 is 11.6. The number of anilines is 1. The maximum absolute atomic E-state index is 12.7. The number of para-hydroxylation sites is 1. The van der Waals surface area contributed by atoms with E-state index in [0.717, 1.165) is 23.7 Å². The molecule has 2 aromatic rings. The molecular formula is C22H23NO4S. The molecule has 1 aliphatic rings. The van der Waals surface area contributed by atoms with Crippen LogP contribution in [-0.4, -0.2) is 23.9 Å². The zero-order valence-electron chi connectivity index (χ0n) is 16.2. The monoisotopic (exact) mass is 397 g/mol. The number of hydrogen-bond donors (Lipinski definition) is 0. The van der Waals surface area contributed by atoms with Gasteiger partial charge in [0, 0.05) is 0 Å². The van der Waals surface area contributed by atoms with Crippen LogP contribution in [0.1, 0.15) is 32.8 Å². The lowest BCUT2D eigenvalue weighted by Crippen LogP contribution is -2.27. The lowest BCUT2D eigenvalue weighted by Gasteiger charge is -2.16. The van der Waals surface area contributed by atoms with E-state index in [0.29, 0.717) is 28.7 Å².